The molecule has 0 aliphatic carbocycles. The van der Waals surface area contributed by atoms with E-state index in [1.807, 2.05) is 85.3 Å². The van der Waals surface area contributed by atoms with E-state index >= 15 is 0 Å². The highest BCUT2D eigenvalue weighted by molar-refractivity contribution is 6.10. The lowest BCUT2D eigenvalue weighted by Crippen LogP contribution is -2.63. The van der Waals surface area contributed by atoms with Crippen molar-refractivity contribution in [2.75, 3.05) is 79.4 Å². The molecule has 16 heteroatoms. The SMILES string of the molecule is CC.Cc1c(-c2ccc3cnc(Nc4ccc(CC(=O)N5CCN(C6CN(c7cccc8c(N9CCC(=O)NC9=O)nn(C)c78)C6)CC5)cc4)nc3c2)cnc2c1NCCO2. The number of carbonyl (C=O) groups excluding carboxylic acids is 3. The summed E-state index contributed by atoms with van der Waals surface area (Å²) in [7, 11) is 1.89. The van der Waals surface area contributed by atoms with Crippen molar-refractivity contribution in [3.63, 3.8) is 0 Å². The number of para-hydroxylation sites is 1. The quantitative estimate of drug-likeness (QED) is 0.177. The van der Waals surface area contributed by atoms with Gasteiger partial charge in [-0.1, -0.05) is 44.2 Å². The summed E-state index contributed by atoms with van der Waals surface area (Å²) in [4.78, 5) is 59.9. The average Bonchev–Trinajstić information content (AvgIpc) is 3.61. The summed E-state index contributed by atoms with van der Waals surface area (Å²) < 4.78 is 7.53. The van der Waals surface area contributed by atoms with Gasteiger partial charge in [0.25, 0.3) is 0 Å². The van der Waals surface area contributed by atoms with Crippen LogP contribution in [0.25, 0.3) is 32.9 Å². The Labute approximate surface area is 353 Å². The molecule has 4 aliphatic rings. The van der Waals surface area contributed by atoms with Gasteiger partial charge in [0.1, 0.15) is 12.3 Å². The first kappa shape index (κ1) is 39.6. The van der Waals surface area contributed by atoms with Crippen LogP contribution in [-0.4, -0.2) is 117 Å². The van der Waals surface area contributed by atoms with Crippen LogP contribution in [0.1, 0.15) is 31.4 Å². The first-order valence-electron chi connectivity index (χ1n) is 21.1. The second-order valence-corrected chi connectivity index (χ2v) is 15.6. The number of aryl methyl sites for hydroxylation is 1. The fraction of sp³-hybridized carbons (Fsp3) is 0.356. The minimum Gasteiger partial charge on any atom is -0.474 e. The van der Waals surface area contributed by atoms with E-state index in [0.717, 1.165) is 93.8 Å². The maximum absolute atomic E-state index is 13.4. The lowest BCUT2D eigenvalue weighted by atomic mass is 10.00. The van der Waals surface area contributed by atoms with Crippen molar-refractivity contribution in [3.05, 3.63) is 84.2 Å². The van der Waals surface area contributed by atoms with Gasteiger partial charge in [-0.3, -0.25) is 29.4 Å². The molecule has 61 heavy (non-hydrogen) atoms. The summed E-state index contributed by atoms with van der Waals surface area (Å²) >= 11 is 0. The zero-order chi connectivity index (χ0) is 42.2. The molecule has 314 valence electrons. The van der Waals surface area contributed by atoms with E-state index < -0.39 is 6.03 Å². The van der Waals surface area contributed by atoms with Gasteiger partial charge >= 0.3 is 6.03 Å². The Morgan fingerprint density at radius 1 is 0.951 bits per heavy atom. The van der Waals surface area contributed by atoms with Crippen LogP contribution in [0.4, 0.5) is 33.6 Å². The number of rotatable bonds is 8. The average molecular weight is 823 g/mol. The van der Waals surface area contributed by atoms with Crippen LogP contribution in [0.2, 0.25) is 0 Å². The Morgan fingerprint density at radius 3 is 2.54 bits per heavy atom. The molecule has 3 fully saturated rings. The van der Waals surface area contributed by atoms with Gasteiger partial charge in [0.05, 0.1) is 23.1 Å². The molecule has 3 aromatic carbocycles. The maximum Gasteiger partial charge on any atom is 0.329 e. The Balaban J connectivity index is 0.00000235. The molecule has 0 bridgehead atoms. The van der Waals surface area contributed by atoms with Gasteiger partial charge in [0.2, 0.25) is 23.6 Å². The molecule has 0 radical (unpaired) electrons. The number of hydrogen-bond acceptors (Lipinski definition) is 12. The minimum atomic E-state index is -0.438. The Bertz CT molecular complexity index is 2630. The molecule has 0 spiro atoms. The number of fused-ring (bicyclic) bond motifs is 3. The third-order valence-electron chi connectivity index (χ3n) is 11.9. The van der Waals surface area contributed by atoms with Gasteiger partial charge in [-0.2, -0.15) is 5.10 Å². The number of nitrogens with zero attached hydrogens (tertiary/aromatic N) is 9. The largest absolute Gasteiger partial charge is 0.474 e. The van der Waals surface area contributed by atoms with Crippen LogP contribution in [0.3, 0.4) is 0 Å². The van der Waals surface area contributed by atoms with Gasteiger partial charge in [0.15, 0.2) is 5.82 Å². The van der Waals surface area contributed by atoms with Crippen molar-refractivity contribution in [1.82, 2.24) is 39.8 Å². The van der Waals surface area contributed by atoms with Crippen molar-refractivity contribution in [1.29, 1.82) is 0 Å². The number of urea groups is 1. The highest BCUT2D eigenvalue weighted by atomic mass is 16.5. The van der Waals surface area contributed by atoms with E-state index in [1.165, 1.54) is 0 Å². The molecule has 3 aromatic heterocycles. The normalized spacial score (nSPS) is 16.9. The van der Waals surface area contributed by atoms with Crippen LogP contribution >= 0.6 is 0 Å². The van der Waals surface area contributed by atoms with E-state index in [9.17, 15) is 14.4 Å². The maximum atomic E-state index is 13.4. The van der Waals surface area contributed by atoms with Crippen molar-refractivity contribution in [2.24, 2.45) is 7.05 Å². The Kier molecular flexibility index (Phi) is 10.8. The number of pyridine rings is 1. The van der Waals surface area contributed by atoms with Crippen LogP contribution in [0, 0.1) is 6.92 Å². The summed E-state index contributed by atoms with van der Waals surface area (Å²) in [6.07, 6.45) is 4.27. The topological polar surface area (TPSA) is 166 Å². The number of nitrogens with one attached hydrogen (secondary N) is 3. The zero-order valence-corrected chi connectivity index (χ0v) is 34.9. The van der Waals surface area contributed by atoms with Gasteiger partial charge < -0.3 is 25.2 Å². The minimum absolute atomic E-state index is 0.132. The Hall–Kier alpha value is -6.81. The van der Waals surface area contributed by atoms with E-state index in [1.54, 1.807) is 4.90 Å². The third kappa shape index (κ3) is 7.74. The molecule has 4 aliphatic heterocycles. The first-order chi connectivity index (χ1) is 29.8. The molecule has 10 rings (SSSR count). The van der Waals surface area contributed by atoms with Gasteiger partial charge in [-0.15, -0.1) is 0 Å². The van der Waals surface area contributed by atoms with Gasteiger partial charge in [0, 0.05) is 106 Å². The third-order valence-corrected chi connectivity index (χ3v) is 11.9. The fourth-order valence-corrected chi connectivity index (χ4v) is 8.62. The molecule has 6 aromatic rings. The first-order valence-corrected chi connectivity index (χ1v) is 21.1. The van der Waals surface area contributed by atoms with Gasteiger partial charge in [-0.05, 0) is 53.9 Å². The fourth-order valence-electron chi connectivity index (χ4n) is 8.62. The lowest BCUT2D eigenvalue weighted by Gasteiger charge is -2.49. The molecule has 7 heterocycles. The molecule has 4 amide bonds. The zero-order valence-electron chi connectivity index (χ0n) is 34.9. The number of ether oxygens (including phenoxy) is 1. The van der Waals surface area contributed by atoms with Crippen molar-refractivity contribution < 1.29 is 19.1 Å². The van der Waals surface area contributed by atoms with Crippen LogP contribution in [0.5, 0.6) is 5.88 Å². The number of benzene rings is 3. The van der Waals surface area contributed by atoms with Crippen LogP contribution in [0.15, 0.2) is 73.1 Å². The monoisotopic (exact) mass is 822 g/mol. The second-order valence-electron chi connectivity index (χ2n) is 15.6. The van der Waals surface area contributed by atoms with E-state index in [-0.39, 0.29) is 18.2 Å². The summed E-state index contributed by atoms with van der Waals surface area (Å²) in [5.41, 5.74) is 8.72. The number of hydrogen-bond donors (Lipinski definition) is 3. The lowest BCUT2D eigenvalue weighted by molar-refractivity contribution is -0.132. The molecule has 16 nitrogen and oxygen atoms in total. The number of aromatic nitrogens is 5. The van der Waals surface area contributed by atoms with E-state index in [0.29, 0.717) is 56.4 Å². The van der Waals surface area contributed by atoms with Crippen molar-refractivity contribution in [3.8, 4) is 17.0 Å². The standard InChI is InChI=1S/C43H44N12O4.C2H6/c1-26-33(23-45-41-38(26)44-13-19-59-41)28-8-9-29-22-46-42(48-34(29)21-28)47-30-10-6-27(7-11-30)20-37(57)53-17-15-52(16-18-53)31-24-54(25-31)35-5-3-4-32-39(35)51(2)50-40(32)55-14-12-36(56)49-43(55)58;1-2/h3-11,21-23,31,44H,12-20,24-25H2,1-2H3,(H,46,47,48)(H,49,56,58);1-2H3. The number of amides is 4. The summed E-state index contributed by atoms with van der Waals surface area (Å²) in [5.74, 6) is 1.56. The summed E-state index contributed by atoms with van der Waals surface area (Å²) in [6.45, 7) is 12.6. The highest BCUT2D eigenvalue weighted by Gasteiger charge is 2.36. The summed E-state index contributed by atoms with van der Waals surface area (Å²) in [6, 6.07) is 20.1. The number of carbonyl (C=O) groups is 3. The van der Waals surface area contributed by atoms with E-state index in [4.69, 9.17) is 9.72 Å². The predicted molar refractivity (Wildman–Crippen MR) is 237 cm³/mol. The van der Waals surface area contributed by atoms with Crippen molar-refractivity contribution >= 4 is 68.5 Å². The molecule has 0 saturated carbocycles. The summed E-state index contributed by atoms with van der Waals surface area (Å²) in [5, 5.41) is 15.6. The molecule has 3 saturated heterocycles. The van der Waals surface area contributed by atoms with Crippen LogP contribution < -0.4 is 30.5 Å². The smallest absolute Gasteiger partial charge is 0.329 e. The Morgan fingerprint density at radius 2 is 1.75 bits per heavy atom. The van der Waals surface area contributed by atoms with Gasteiger partial charge in [-0.25, -0.2) is 19.7 Å². The second kappa shape index (κ2) is 16.7. The number of piperazine rings is 1. The number of anilines is 5. The highest BCUT2D eigenvalue weighted by Crippen LogP contribution is 2.38. The van der Waals surface area contributed by atoms with Crippen LogP contribution in [-0.2, 0) is 23.1 Å². The number of imide groups is 1. The van der Waals surface area contributed by atoms with E-state index in [2.05, 4.69) is 65.9 Å². The molecular formula is C45H50N12O4. The molecular weight excluding hydrogens is 773 g/mol. The molecule has 3 N–H and O–H groups in total. The predicted octanol–water partition coefficient (Wildman–Crippen LogP) is 5.48. The molecule has 0 unspecified atom stereocenters. The molecule has 0 atom stereocenters. The van der Waals surface area contributed by atoms with Crippen molar-refractivity contribution in [2.45, 2.75) is 39.7 Å².